The molecule has 0 amide bonds. The molecule has 2 rings (SSSR count). The van der Waals surface area contributed by atoms with Gasteiger partial charge < -0.3 is 5.11 Å². The molecule has 0 unspecified atom stereocenters. The smallest absolute Gasteiger partial charge is 0.303 e. The zero-order chi connectivity index (χ0) is 15.8. The van der Waals surface area contributed by atoms with Crippen LogP contribution in [-0.2, 0) is 24.1 Å². The summed E-state index contributed by atoms with van der Waals surface area (Å²) >= 11 is 1.88. The number of aryl methyl sites for hydroxylation is 4. The molecule has 1 aromatic carbocycles. The summed E-state index contributed by atoms with van der Waals surface area (Å²) in [6.45, 7) is 2.12. The van der Waals surface area contributed by atoms with Crippen LogP contribution in [0.2, 0.25) is 0 Å². The predicted octanol–water partition coefficient (Wildman–Crippen LogP) is 5.03. The lowest BCUT2D eigenvalue weighted by atomic mass is 10.1. The van der Waals surface area contributed by atoms with Crippen LogP contribution in [0.3, 0.4) is 0 Å². The maximum atomic E-state index is 10.5. The van der Waals surface area contributed by atoms with Crippen molar-refractivity contribution in [1.29, 1.82) is 0 Å². The molecule has 1 aromatic heterocycles. The quantitative estimate of drug-likeness (QED) is 0.659. The summed E-state index contributed by atoms with van der Waals surface area (Å²) in [5.74, 6) is -0.692. The first-order valence-electron chi connectivity index (χ1n) is 7.98. The Kier molecular flexibility index (Phi) is 6.66. The van der Waals surface area contributed by atoms with E-state index in [1.807, 2.05) is 11.3 Å². The lowest BCUT2D eigenvalue weighted by Crippen LogP contribution is -1.94. The molecule has 22 heavy (non-hydrogen) atoms. The maximum Gasteiger partial charge on any atom is 0.303 e. The van der Waals surface area contributed by atoms with E-state index in [0.29, 0.717) is 0 Å². The molecule has 118 valence electrons. The summed E-state index contributed by atoms with van der Waals surface area (Å²) < 4.78 is 0. The van der Waals surface area contributed by atoms with Gasteiger partial charge in [0.1, 0.15) is 0 Å². The summed E-state index contributed by atoms with van der Waals surface area (Å²) in [6.07, 6.45) is 6.48. The Labute approximate surface area is 136 Å². The number of unbranched alkanes of at least 4 members (excludes halogenated alkanes) is 1. The standard InChI is InChI=1S/C19H24O2S/c1-15-9-11-16(12-10-15)5-4-7-18-14-13-17(22-18)6-2-3-8-19(20)21/h9-14H,2-8H2,1H3,(H,20,21). The van der Waals surface area contributed by atoms with E-state index >= 15 is 0 Å². The number of hydrogen-bond donors (Lipinski definition) is 1. The van der Waals surface area contributed by atoms with Gasteiger partial charge in [-0.05, 0) is 63.1 Å². The van der Waals surface area contributed by atoms with Gasteiger partial charge >= 0.3 is 5.97 Å². The normalized spacial score (nSPS) is 10.8. The van der Waals surface area contributed by atoms with Gasteiger partial charge in [-0.15, -0.1) is 11.3 Å². The summed E-state index contributed by atoms with van der Waals surface area (Å²) in [5.41, 5.74) is 2.73. The van der Waals surface area contributed by atoms with Gasteiger partial charge in [-0.25, -0.2) is 0 Å². The maximum absolute atomic E-state index is 10.5. The molecule has 0 bridgehead atoms. The lowest BCUT2D eigenvalue weighted by Gasteiger charge is -2.01. The van der Waals surface area contributed by atoms with Gasteiger partial charge in [0.15, 0.2) is 0 Å². The van der Waals surface area contributed by atoms with E-state index in [2.05, 4.69) is 43.3 Å². The molecule has 0 aliphatic heterocycles. The van der Waals surface area contributed by atoms with Crippen LogP contribution in [0, 0.1) is 6.92 Å². The summed E-state index contributed by atoms with van der Waals surface area (Å²) in [7, 11) is 0. The van der Waals surface area contributed by atoms with Gasteiger partial charge in [0.2, 0.25) is 0 Å². The molecule has 0 atom stereocenters. The number of benzene rings is 1. The molecule has 0 fully saturated rings. The van der Waals surface area contributed by atoms with Crippen molar-refractivity contribution in [2.45, 2.75) is 51.9 Å². The Morgan fingerprint density at radius 1 is 0.909 bits per heavy atom. The molecule has 0 aliphatic rings. The Bertz CT molecular complexity index is 584. The number of carboxylic acid groups (broad SMARTS) is 1. The van der Waals surface area contributed by atoms with Gasteiger partial charge in [0.25, 0.3) is 0 Å². The van der Waals surface area contributed by atoms with Gasteiger partial charge in [-0.2, -0.15) is 0 Å². The zero-order valence-electron chi connectivity index (χ0n) is 13.2. The Morgan fingerprint density at radius 2 is 1.55 bits per heavy atom. The second kappa shape index (κ2) is 8.74. The van der Waals surface area contributed by atoms with E-state index < -0.39 is 5.97 Å². The van der Waals surface area contributed by atoms with Crippen molar-refractivity contribution in [3.63, 3.8) is 0 Å². The summed E-state index contributed by atoms with van der Waals surface area (Å²) in [6, 6.07) is 13.2. The average Bonchev–Trinajstić information content (AvgIpc) is 2.93. The highest BCUT2D eigenvalue weighted by molar-refractivity contribution is 7.11. The highest BCUT2D eigenvalue weighted by Crippen LogP contribution is 2.21. The minimum atomic E-state index is -0.692. The SMILES string of the molecule is Cc1ccc(CCCc2ccc(CCCCC(=O)O)s2)cc1. The minimum absolute atomic E-state index is 0.286. The van der Waals surface area contributed by atoms with Crippen LogP contribution in [0.4, 0.5) is 0 Å². The van der Waals surface area contributed by atoms with Crippen molar-refractivity contribution >= 4 is 17.3 Å². The fourth-order valence-electron chi connectivity index (χ4n) is 2.49. The molecule has 0 spiro atoms. The third-order valence-corrected chi connectivity index (χ3v) is 5.00. The lowest BCUT2D eigenvalue weighted by molar-refractivity contribution is -0.137. The van der Waals surface area contributed by atoms with E-state index in [9.17, 15) is 4.79 Å². The monoisotopic (exact) mass is 316 g/mol. The van der Waals surface area contributed by atoms with Crippen LogP contribution >= 0.6 is 11.3 Å². The largest absolute Gasteiger partial charge is 0.481 e. The second-order valence-electron chi connectivity index (χ2n) is 5.81. The zero-order valence-corrected chi connectivity index (χ0v) is 14.0. The molecule has 0 saturated carbocycles. The Morgan fingerprint density at radius 3 is 2.18 bits per heavy atom. The number of rotatable bonds is 9. The molecule has 0 saturated heterocycles. The Balaban J connectivity index is 1.68. The molecular formula is C19H24O2S. The number of hydrogen-bond acceptors (Lipinski definition) is 2. The topological polar surface area (TPSA) is 37.3 Å². The number of carboxylic acids is 1. The van der Waals surface area contributed by atoms with Gasteiger partial charge in [0.05, 0.1) is 0 Å². The highest BCUT2D eigenvalue weighted by atomic mass is 32.1. The molecule has 2 nitrogen and oxygen atoms in total. The van der Waals surface area contributed by atoms with Gasteiger partial charge in [0, 0.05) is 16.2 Å². The first kappa shape index (κ1) is 16.8. The van der Waals surface area contributed by atoms with Gasteiger partial charge in [-0.1, -0.05) is 29.8 Å². The van der Waals surface area contributed by atoms with Crippen molar-refractivity contribution < 1.29 is 9.90 Å². The number of aliphatic carboxylic acids is 1. The van der Waals surface area contributed by atoms with E-state index in [0.717, 1.165) is 32.1 Å². The molecule has 1 heterocycles. The first-order valence-corrected chi connectivity index (χ1v) is 8.80. The van der Waals surface area contributed by atoms with Crippen LogP contribution in [0.25, 0.3) is 0 Å². The second-order valence-corrected chi connectivity index (χ2v) is 7.06. The first-order chi connectivity index (χ1) is 10.6. The number of carbonyl (C=O) groups is 1. The van der Waals surface area contributed by atoms with Crippen molar-refractivity contribution in [2.75, 3.05) is 0 Å². The van der Waals surface area contributed by atoms with Gasteiger partial charge in [-0.3, -0.25) is 4.79 Å². The van der Waals surface area contributed by atoms with Crippen LogP contribution in [0.5, 0.6) is 0 Å². The molecular weight excluding hydrogens is 292 g/mol. The fraction of sp³-hybridized carbons (Fsp3) is 0.421. The molecule has 3 heteroatoms. The predicted molar refractivity (Wildman–Crippen MR) is 92.7 cm³/mol. The van der Waals surface area contributed by atoms with Crippen molar-refractivity contribution in [2.24, 2.45) is 0 Å². The number of thiophene rings is 1. The molecule has 0 radical (unpaired) electrons. The average molecular weight is 316 g/mol. The summed E-state index contributed by atoms with van der Waals surface area (Å²) in [4.78, 5) is 13.3. The minimum Gasteiger partial charge on any atom is -0.481 e. The van der Waals surface area contributed by atoms with Crippen molar-refractivity contribution in [3.8, 4) is 0 Å². The highest BCUT2D eigenvalue weighted by Gasteiger charge is 2.02. The third-order valence-electron chi connectivity index (χ3n) is 3.79. The van der Waals surface area contributed by atoms with E-state index in [1.165, 1.54) is 27.3 Å². The summed E-state index contributed by atoms with van der Waals surface area (Å²) in [5, 5.41) is 8.62. The van der Waals surface area contributed by atoms with E-state index in [-0.39, 0.29) is 6.42 Å². The van der Waals surface area contributed by atoms with Crippen LogP contribution in [-0.4, -0.2) is 11.1 Å². The van der Waals surface area contributed by atoms with Crippen LogP contribution in [0.15, 0.2) is 36.4 Å². The fourth-order valence-corrected chi connectivity index (χ4v) is 3.59. The van der Waals surface area contributed by atoms with E-state index in [4.69, 9.17) is 5.11 Å². The van der Waals surface area contributed by atoms with E-state index in [1.54, 1.807) is 0 Å². The molecule has 0 aliphatic carbocycles. The third kappa shape index (κ3) is 6.02. The van der Waals surface area contributed by atoms with Crippen molar-refractivity contribution in [1.82, 2.24) is 0 Å². The van der Waals surface area contributed by atoms with Crippen molar-refractivity contribution in [3.05, 3.63) is 57.3 Å². The van der Waals surface area contributed by atoms with Crippen LogP contribution in [0.1, 0.15) is 46.6 Å². The Hall–Kier alpha value is -1.61. The molecule has 2 aromatic rings. The molecule has 1 N–H and O–H groups in total. The van der Waals surface area contributed by atoms with Crippen LogP contribution < -0.4 is 0 Å².